The standard InChI is InChI=1S/C23H24N2O2S2/c1-14-10-16(6-7-17(14)11-24)20-19(9-8-18-12-25-29-21(18)20)28-13-15(2)22(26)27-23(3,4)5/h6-10,12,15H,13H2,1-5H3. The van der Waals surface area contributed by atoms with Gasteiger partial charge in [0.05, 0.1) is 22.3 Å². The molecule has 1 unspecified atom stereocenters. The van der Waals surface area contributed by atoms with Crippen molar-refractivity contribution in [2.24, 2.45) is 5.92 Å². The number of fused-ring (bicyclic) bond motifs is 1. The Balaban J connectivity index is 1.93. The zero-order chi connectivity index (χ0) is 21.2. The van der Waals surface area contributed by atoms with Crippen molar-refractivity contribution >= 4 is 39.3 Å². The van der Waals surface area contributed by atoms with Gasteiger partial charge in [0, 0.05) is 27.8 Å². The Morgan fingerprint density at radius 3 is 2.72 bits per heavy atom. The van der Waals surface area contributed by atoms with Crippen molar-refractivity contribution in [3.8, 4) is 17.2 Å². The zero-order valence-electron chi connectivity index (χ0n) is 17.3. The lowest BCUT2D eigenvalue weighted by atomic mass is 9.99. The van der Waals surface area contributed by atoms with Crippen LogP contribution in [0.4, 0.5) is 0 Å². The predicted octanol–water partition coefficient (Wildman–Crippen LogP) is 6.21. The van der Waals surface area contributed by atoms with Crippen LogP contribution in [0.2, 0.25) is 0 Å². The maximum Gasteiger partial charge on any atom is 0.310 e. The molecule has 0 saturated heterocycles. The Kier molecular flexibility index (Phi) is 6.30. The lowest BCUT2D eigenvalue weighted by molar-refractivity contribution is -0.158. The van der Waals surface area contributed by atoms with E-state index >= 15 is 0 Å². The van der Waals surface area contributed by atoms with Crippen LogP contribution in [0.25, 0.3) is 21.2 Å². The van der Waals surface area contributed by atoms with E-state index in [0.29, 0.717) is 11.3 Å². The SMILES string of the molecule is Cc1cc(-c2c(SCC(C)C(=O)OC(C)(C)C)ccc3cnsc23)ccc1C#N. The summed E-state index contributed by atoms with van der Waals surface area (Å²) in [6, 6.07) is 12.3. The van der Waals surface area contributed by atoms with E-state index in [4.69, 9.17) is 4.74 Å². The van der Waals surface area contributed by atoms with Crippen molar-refractivity contribution < 1.29 is 9.53 Å². The molecule has 1 aromatic heterocycles. The predicted molar refractivity (Wildman–Crippen MR) is 120 cm³/mol. The Morgan fingerprint density at radius 2 is 2.07 bits per heavy atom. The minimum Gasteiger partial charge on any atom is -0.460 e. The minimum atomic E-state index is -0.483. The molecule has 150 valence electrons. The van der Waals surface area contributed by atoms with E-state index in [0.717, 1.165) is 31.7 Å². The highest BCUT2D eigenvalue weighted by atomic mass is 32.2. The van der Waals surface area contributed by atoms with Crippen molar-refractivity contribution in [3.63, 3.8) is 0 Å². The van der Waals surface area contributed by atoms with E-state index in [2.05, 4.69) is 28.6 Å². The quantitative estimate of drug-likeness (QED) is 0.360. The van der Waals surface area contributed by atoms with Gasteiger partial charge in [-0.2, -0.15) is 9.64 Å². The van der Waals surface area contributed by atoms with Gasteiger partial charge < -0.3 is 4.74 Å². The lowest BCUT2D eigenvalue weighted by Crippen LogP contribution is -2.28. The summed E-state index contributed by atoms with van der Waals surface area (Å²) >= 11 is 3.12. The summed E-state index contributed by atoms with van der Waals surface area (Å²) in [5.74, 6) is 0.230. The molecule has 0 aliphatic heterocycles. The third-order valence-electron chi connectivity index (χ3n) is 4.42. The third-order valence-corrected chi connectivity index (χ3v) is 6.57. The van der Waals surface area contributed by atoms with Crippen LogP contribution in [0.1, 0.15) is 38.8 Å². The first-order valence-corrected chi connectivity index (χ1v) is 11.2. The highest BCUT2D eigenvalue weighted by molar-refractivity contribution is 7.99. The van der Waals surface area contributed by atoms with Gasteiger partial charge in [-0.1, -0.05) is 25.1 Å². The summed E-state index contributed by atoms with van der Waals surface area (Å²) < 4.78 is 11.0. The summed E-state index contributed by atoms with van der Waals surface area (Å²) in [6.45, 7) is 9.50. The average molecular weight is 425 g/mol. The van der Waals surface area contributed by atoms with Crippen LogP contribution in [-0.4, -0.2) is 21.7 Å². The van der Waals surface area contributed by atoms with Gasteiger partial charge in [-0.05, 0) is 62.5 Å². The largest absolute Gasteiger partial charge is 0.460 e. The second-order valence-corrected chi connectivity index (χ2v) is 9.93. The van der Waals surface area contributed by atoms with Crippen LogP contribution >= 0.6 is 23.3 Å². The molecule has 6 heteroatoms. The Bertz CT molecular complexity index is 1090. The number of aryl methyl sites for hydroxylation is 1. The highest BCUT2D eigenvalue weighted by Crippen LogP contribution is 2.40. The van der Waals surface area contributed by atoms with E-state index in [-0.39, 0.29) is 11.9 Å². The van der Waals surface area contributed by atoms with Crippen LogP contribution in [0, 0.1) is 24.2 Å². The molecule has 2 aromatic carbocycles. The van der Waals surface area contributed by atoms with Gasteiger partial charge in [-0.3, -0.25) is 4.79 Å². The number of hydrogen-bond acceptors (Lipinski definition) is 6. The highest BCUT2D eigenvalue weighted by Gasteiger charge is 2.22. The molecule has 0 spiro atoms. The number of nitrogens with zero attached hydrogens (tertiary/aromatic N) is 2. The summed E-state index contributed by atoms with van der Waals surface area (Å²) in [5, 5.41) is 10.3. The molecule has 1 heterocycles. The summed E-state index contributed by atoms with van der Waals surface area (Å²) in [4.78, 5) is 13.4. The summed E-state index contributed by atoms with van der Waals surface area (Å²) in [6.07, 6.45) is 1.87. The second kappa shape index (κ2) is 8.56. The molecule has 0 fully saturated rings. The number of ether oxygens (including phenoxy) is 1. The minimum absolute atomic E-state index is 0.181. The van der Waals surface area contributed by atoms with E-state index in [9.17, 15) is 10.1 Å². The molecular formula is C23H24N2O2S2. The second-order valence-electron chi connectivity index (χ2n) is 8.07. The van der Waals surface area contributed by atoms with Gasteiger partial charge in [0.2, 0.25) is 0 Å². The van der Waals surface area contributed by atoms with E-state index in [1.165, 1.54) is 11.5 Å². The lowest BCUT2D eigenvalue weighted by Gasteiger charge is -2.22. The molecule has 0 N–H and O–H groups in total. The number of rotatable bonds is 5. The fourth-order valence-corrected chi connectivity index (χ4v) is 4.92. The number of carbonyl (C=O) groups excluding carboxylic acids is 1. The van der Waals surface area contributed by atoms with Crippen LogP contribution in [0.5, 0.6) is 0 Å². The van der Waals surface area contributed by atoms with E-state index in [1.54, 1.807) is 11.8 Å². The maximum absolute atomic E-state index is 12.3. The van der Waals surface area contributed by atoms with Crippen molar-refractivity contribution in [2.75, 3.05) is 5.75 Å². The molecule has 3 aromatic rings. The molecule has 1 atom stereocenters. The fraction of sp³-hybridized carbons (Fsp3) is 0.348. The zero-order valence-corrected chi connectivity index (χ0v) is 18.9. The van der Waals surface area contributed by atoms with Gasteiger partial charge in [0.1, 0.15) is 5.60 Å². The maximum atomic E-state index is 12.3. The average Bonchev–Trinajstić information content (AvgIpc) is 3.12. The summed E-state index contributed by atoms with van der Waals surface area (Å²) in [5.41, 5.74) is 3.31. The Morgan fingerprint density at radius 1 is 1.31 bits per heavy atom. The number of benzene rings is 2. The molecule has 0 radical (unpaired) electrons. The van der Waals surface area contributed by atoms with Gasteiger partial charge in [-0.25, -0.2) is 0 Å². The number of aromatic nitrogens is 1. The smallest absolute Gasteiger partial charge is 0.310 e. The first-order valence-electron chi connectivity index (χ1n) is 9.44. The van der Waals surface area contributed by atoms with Gasteiger partial charge in [0.25, 0.3) is 0 Å². The van der Waals surface area contributed by atoms with E-state index in [1.807, 2.05) is 52.9 Å². The van der Waals surface area contributed by atoms with Crippen molar-refractivity contribution in [2.45, 2.75) is 45.1 Å². The van der Waals surface area contributed by atoms with Crippen LogP contribution < -0.4 is 0 Å². The molecule has 0 amide bonds. The molecule has 29 heavy (non-hydrogen) atoms. The number of esters is 1. The van der Waals surface area contributed by atoms with Crippen molar-refractivity contribution in [1.82, 2.24) is 4.37 Å². The third kappa shape index (κ3) is 4.98. The first-order chi connectivity index (χ1) is 13.7. The number of thioether (sulfide) groups is 1. The normalized spacial score (nSPS) is 12.6. The van der Waals surface area contributed by atoms with Crippen molar-refractivity contribution in [3.05, 3.63) is 47.7 Å². The molecule has 0 aliphatic carbocycles. The van der Waals surface area contributed by atoms with Gasteiger partial charge >= 0.3 is 5.97 Å². The fourth-order valence-electron chi connectivity index (χ4n) is 2.94. The van der Waals surface area contributed by atoms with Crippen LogP contribution in [-0.2, 0) is 9.53 Å². The van der Waals surface area contributed by atoms with Crippen LogP contribution in [0.15, 0.2) is 41.4 Å². The van der Waals surface area contributed by atoms with Gasteiger partial charge in [-0.15, -0.1) is 11.8 Å². The molecular weight excluding hydrogens is 400 g/mol. The Hall–Kier alpha value is -2.36. The summed E-state index contributed by atoms with van der Waals surface area (Å²) in [7, 11) is 0. The number of nitriles is 1. The molecule has 0 bridgehead atoms. The first kappa shape index (κ1) is 21.4. The number of hydrogen-bond donors (Lipinski definition) is 0. The molecule has 4 nitrogen and oxygen atoms in total. The molecule has 0 saturated carbocycles. The van der Waals surface area contributed by atoms with Gasteiger partial charge in [0.15, 0.2) is 0 Å². The molecule has 3 rings (SSSR count). The van der Waals surface area contributed by atoms with Crippen LogP contribution in [0.3, 0.4) is 0 Å². The topological polar surface area (TPSA) is 63.0 Å². The molecule has 0 aliphatic rings. The number of carbonyl (C=O) groups is 1. The monoisotopic (exact) mass is 424 g/mol. The van der Waals surface area contributed by atoms with E-state index < -0.39 is 5.60 Å². The van der Waals surface area contributed by atoms with Crippen molar-refractivity contribution in [1.29, 1.82) is 5.26 Å². The Labute approximate surface area is 180 Å².